The van der Waals surface area contributed by atoms with Gasteiger partial charge in [-0.1, -0.05) is 97.5 Å². The number of carbonyl (C=O) groups excluding carboxylic acids is 11. The first kappa shape index (κ1) is 79.9. The van der Waals surface area contributed by atoms with Crippen LogP contribution in [0.1, 0.15) is 144 Å². The molecule has 1 aliphatic rings. The highest BCUT2D eigenvalue weighted by Crippen LogP contribution is 2.32. The highest BCUT2D eigenvalue weighted by Gasteiger charge is 2.43. The zero-order valence-corrected chi connectivity index (χ0v) is 58.0. The van der Waals surface area contributed by atoms with Crippen LogP contribution < -0.4 is 21.3 Å². The van der Waals surface area contributed by atoms with Gasteiger partial charge in [-0.05, 0) is 113 Å². The van der Waals surface area contributed by atoms with Gasteiger partial charge in [-0.15, -0.1) is 0 Å². The number of hydrogen-bond donors (Lipinski definition) is 4. The number of aryl methyl sites for hydroxylation is 1. The number of nitrogens with zero attached hydrogens (tertiary/aromatic N) is 7. The summed E-state index contributed by atoms with van der Waals surface area (Å²) in [7, 11) is 8.25. The molecule has 0 aromatic heterocycles. The fourth-order valence-corrected chi connectivity index (χ4v) is 10.8. The van der Waals surface area contributed by atoms with Crippen LogP contribution in [0, 0.1) is 23.6 Å². The third kappa shape index (κ3) is 23.0. The molecule has 0 saturated carbocycles. The van der Waals surface area contributed by atoms with Crippen LogP contribution in [0.2, 0.25) is 5.02 Å². The minimum Gasteiger partial charge on any atom is -0.343 e. The molecule has 22 nitrogen and oxygen atoms in total. The number of halogens is 5. The van der Waals surface area contributed by atoms with Crippen molar-refractivity contribution < 1.29 is 70.3 Å². The molecule has 3 rings (SSSR count). The molecular weight excluding hydrogens is 1230 g/mol. The Kier molecular flexibility index (Phi) is 30.7. The lowest BCUT2D eigenvalue weighted by molar-refractivity contribution is -0.149. The molecule has 1 heterocycles. The summed E-state index contributed by atoms with van der Waals surface area (Å²) in [5, 5.41) is 11.4. The Morgan fingerprint density at radius 2 is 1.19 bits per heavy atom. The standard InChI is InChI=1S/C66H100ClF4N11O11/c1-18-21-22-49-61(90)81(17)65(10,11)64(93)74-50(31-39(4)5)60(89)79(15)42(9)33-54(84)80(16)51(32-40(6)7)59(88)75-57(41(8)19-2)63(92)78(14)37-55(85)76(12)38-56(86)82(20-3)52(35-44-23-27-45(67)28-24-44)62(91)77(13)36-53(83)72-48(58(87)73-49)30-26-43-25-29-46(47(68)34-43)66(69,70)71/h23-25,27-29,34,39-42,48-52,57H,18-22,26,30-33,35-38H2,1-17H3,(H,72,83)(H,73,87)(H,74,93)(H,75,88)/t41-,42+,48-,49-,50-,51-,52-,57-/m0/s1. The van der Waals surface area contributed by atoms with Gasteiger partial charge in [0.1, 0.15) is 47.6 Å². The fraction of sp³-hybridized carbons (Fsp3) is 0.652. The van der Waals surface area contributed by atoms with Crippen molar-refractivity contribution in [2.75, 3.05) is 68.5 Å². The van der Waals surface area contributed by atoms with Gasteiger partial charge in [-0.3, -0.25) is 52.7 Å². The third-order valence-electron chi connectivity index (χ3n) is 17.3. The lowest BCUT2D eigenvalue weighted by Gasteiger charge is -2.38. The molecule has 2 aromatic rings. The Hall–Kier alpha value is -7.38. The third-order valence-corrected chi connectivity index (χ3v) is 17.5. The first-order valence-corrected chi connectivity index (χ1v) is 32.2. The van der Waals surface area contributed by atoms with Crippen molar-refractivity contribution in [2.45, 2.75) is 194 Å². The first-order valence-electron chi connectivity index (χ1n) is 31.9. The SMILES string of the molecule is CCCC[C@@H]1NC(=O)[C@H](CCc2ccc(C(F)(F)F)c(F)c2)NC(=O)CN(C)C(=O)[C@H](Cc2ccc(Cl)cc2)N(CC)C(=O)CN(C)C(=O)CN(C)C(=O)[C@H]([C@@H](C)CC)NC(=O)[C@H](CC(C)C)N(C)C(=O)C[C@@H](C)N(C)C(=O)[C@H](CC(C)C)NC(=O)C(C)(C)N(C)C1=O. The Bertz CT molecular complexity index is 2950. The molecule has 2 aromatic carbocycles. The van der Waals surface area contributed by atoms with E-state index in [9.17, 15) is 70.3 Å². The average molecular weight is 1340 g/mol. The van der Waals surface area contributed by atoms with Crippen molar-refractivity contribution in [3.63, 3.8) is 0 Å². The number of likely N-dealkylation sites (N-methyl/N-ethyl adjacent to an activating group) is 7. The highest BCUT2D eigenvalue weighted by molar-refractivity contribution is 6.30. The summed E-state index contributed by atoms with van der Waals surface area (Å²) in [5.41, 5.74) is -2.69. The summed E-state index contributed by atoms with van der Waals surface area (Å²) >= 11 is 6.22. The maximum atomic E-state index is 14.9. The number of unbranched alkanes of at least 4 members (excludes halogenated alkanes) is 1. The minimum atomic E-state index is -5.01. The summed E-state index contributed by atoms with van der Waals surface area (Å²) < 4.78 is 55.8. The van der Waals surface area contributed by atoms with Gasteiger partial charge >= 0.3 is 6.18 Å². The smallest absolute Gasteiger partial charge is 0.343 e. The molecule has 4 N–H and O–H groups in total. The summed E-state index contributed by atoms with van der Waals surface area (Å²) in [6.45, 7) is 16.9. The number of hydrogen-bond acceptors (Lipinski definition) is 11. The zero-order valence-electron chi connectivity index (χ0n) is 57.2. The van der Waals surface area contributed by atoms with Gasteiger partial charge in [-0.25, -0.2) is 4.39 Å². The maximum Gasteiger partial charge on any atom is 0.419 e. The van der Waals surface area contributed by atoms with Gasteiger partial charge in [0, 0.05) is 72.7 Å². The van der Waals surface area contributed by atoms with Crippen molar-refractivity contribution in [3.05, 3.63) is 70.0 Å². The van der Waals surface area contributed by atoms with Gasteiger partial charge in [0.05, 0.1) is 25.2 Å². The van der Waals surface area contributed by atoms with E-state index in [1.54, 1.807) is 45.0 Å². The zero-order chi connectivity index (χ0) is 70.7. The molecule has 8 atom stereocenters. The molecule has 1 fully saturated rings. The molecule has 0 radical (unpaired) electrons. The largest absolute Gasteiger partial charge is 0.419 e. The predicted octanol–water partition coefficient (Wildman–Crippen LogP) is 5.85. The van der Waals surface area contributed by atoms with Crippen molar-refractivity contribution in [3.8, 4) is 0 Å². The summed E-state index contributed by atoms with van der Waals surface area (Å²) in [5.74, 6) is -10.3. The predicted molar refractivity (Wildman–Crippen MR) is 345 cm³/mol. The Morgan fingerprint density at radius 1 is 0.613 bits per heavy atom. The van der Waals surface area contributed by atoms with E-state index in [2.05, 4.69) is 21.3 Å². The van der Waals surface area contributed by atoms with E-state index in [0.717, 1.165) is 25.7 Å². The van der Waals surface area contributed by atoms with E-state index < -0.39 is 156 Å². The normalized spacial score (nSPS) is 23.3. The first-order chi connectivity index (χ1) is 43.2. The monoisotopic (exact) mass is 1330 g/mol. The summed E-state index contributed by atoms with van der Waals surface area (Å²) in [4.78, 5) is 167. The molecule has 27 heteroatoms. The number of benzene rings is 2. The van der Waals surface area contributed by atoms with Crippen LogP contribution in [0.4, 0.5) is 17.6 Å². The molecule has 0 aliphatic carbocycles. The molecule has 1 aliphatic heterocycles. The molecular formula is C66H100ClF4N11O11. The van der Waals surface area contributed by atoms with Crippen molar-refractivity contribution >= 4 is 76.6 Å². The van der Waals surface area contributed by atoms with Crippen LogP contribution in [0.5, 0.6) is 0 Å². The maximum absolute atomic E-state index is 14.9. The molecule has 0 spiro atoms. The Balaban J connectivity index is 2.26. The number of amides is 11. The lowest BCUT2D eigenvalue weighted by atomic mass is 9.95. The molecule has 93 heavy (non-hydrogen) atoms. The number of rotatable bonds is 15. The van der Waals surface area contributed by atoms with Crippen LogP contribution in [0.25, 0.3) is 0 Å². The van der Waals surface area contributed by atoms with E-state index in [-0.39, 0.29) is 68.9 Å². The number of nitrogens with one attached hydrogen (secondary N) is 4. The molecule has 0 unspecified atom stereocenters. The van der Waals surface area contributed by atoms with Crippen LogP contribution in [-0.4, -0.2) is 216 Å². The van der Waals surface area contributed by atoms with Crippen LogP contribution >= 0.6 is 11.6 Å². The molecule has 11 amide bonds. The van der Waals surface area contributed by atoms with Gasteiger partial charge in [0.2, 0.25) is 65.0 Å². The van der Waals surface area contributed by atoms with Gasteiger partial charge in [0.25, 0.3) is 0 Å². The van der Waals surface area contributed by atoms with E-state index in [1.165, 1.54) is 70.8 Å². The van der Waals surface area contributed by atoms with Crippen LogP contribution in [-0.2, 0) is 71.8 Å². The lowest BCUT2D eigenvalue weighted by Crippen LogP contribution is -2.63. The van der Waals surface area contributed by atoms with E-state index in [1.807, 2.05) is 41.5 Å². The summed E-state index contributed by atoms with van der Waals surface area (Å²) in [6, 6.07) is 0.113. The van der Waals surface area contributed by atoms with E-state index in [0.29, 0.717) is 42.0 Å². The number of carbonyl (C=O) groups is 11. The molecule has 0 bridgehead atoms. The van der Waals surface area contributed by atoms with Gasteiger partial charge < -0.3 is 55.6 Å². The average Bonchev–Trinajstić information content (AvgIpc) is 0.864. The Morgan fingerprint density at radius 3 is 1.74 bits per heavy atom. The fourth-order valence-electron chi connectivity index (χ4n) is 10.7. The second-order valence-corrected chi connectivity index (χ2v) is 26.4. The molecule has 520 valence electrons. The van der Waals surface area contributed by atoms with Gasteiger partial charge in [0.15, 0.2) is 0 Å². The van der Waals surface area contributed by atoms with Crippen LogP contribution in [0.15, 0.2) is 42.5 Å². The summed E-state index contributed by atoms with van der Waals surface area (Å²) in [6.07, 6.45) is -4.43. The quantitative estimate of drug-likeness (QED) is 0.154. The highest BCUT2D eigenvalue weighted by atomic mass is 35.5. The van der Waals surface area contributed by atoms with Crippen LogP contribution in [0.3, 0.4) is 0 Å². The molecule has 1 saturated heterocycles. The van der Waals surface area contributed by atoms with Gasteiger partial charge in [-0.2, -0.15) is 13.2 Å². The van der Waals surface area contributed by atoms with E-state index >= 15 is 0 Å². The minimum absolute atomic E-state index is 0.0139. The van der Waals surface area contributed by atoms with E-state index in [4.69, 9.17) is 11.6 Å². The Labute approximate surface area is 550 Å². The number of alkyl halides is 3. The topological polar surface area (TPSA) is 259 Å². The van der Waals surface area contributed by atoms with Crippen molar-refractivity contribution in [1.29, 1.82) is 0 Å². The van der Waals surface area contributed by atoms with Crippen molar-refractivity contribution in [2.24, 2.45) is 17.8 Å². The second kappa shape index (κ2) is 35.8. The second-order valence-electron chi connectivity index (χ2n) is 26.0. The van der Waals surface area contributed by atoms with Crippen molar-refractivity contribution in [1.82, 2.24) is 55.6 Å².